The standard InChI is InChI=1S/C13H18O3.C6H5N3/c1-5-12(15)16-9-6-7-11(14)10(8-9)13(2,3)4;1-2-4-6-5(3-1)7-9-8-6/h6-8,14H,5H2,1-4H3;1-4H,(H,7,8,9). The Labute approximate surface area is 146 Å². The van der Waals surface area contributed by atoms with Crippen LogP contribution in [0.15, 0.2) is 42.5 Å². The first-order valence-corrected chi connectivity index (χ1v) is 8.11. The van der Waals surface area contributed by atoms with Gasteiger partial charge in [-0.15, -0.1) is 0 Å². The topological polar surface area (TPSA) is 88.1 Å². The van der Waals surface area contributed by atoms with Crippen LogP contribution in [0.3, 0.4) is 0 Å². The van der Waals surface area contributed by atoms with Crippen molar-refractivity contribution in [2.45, 2.75) is 39.5 Å². The Morgan fingerprint density at radius 1 is 1.12 bits per heavy atom. The van der Waals surface area contributed by atoms with Crippen LogP contribution in [0.25, 0.3) is 11.0 Å². The van der Waals surface area contributed by atoms with Crippen LogP contribution in [0, 0.1) is 0 Å². The molecule has 0 saturated heterocycles. The minimum atomic E-state index is -0.273. The lowest BCUT2D eigenvalue weighted by Crippen LogP contribution is -2.12. The summed E-state index contributed by atoms with van der Waals surface area (Å²) in [5.41, 5.74) is 2.42. The van der Waals surface area contributed by atoms with Gasteiger partial charge in [-0.2, -0.15) is 15.4 Å². The Morgan fingerprint density at radius 3 is 2.24 bits per heavy atom. The second-order valence-electron chi connectivity index (χ2n) is 6.57. The van der Waals surface area contributed by atoms with E-state index in [2.05, 4.69) is 15.4 Å². The first kappa shape index (κ1) is 18.4. The van der Waals surface area contributed by atoms with Gasteiger partial charge in [0.05, 0.1) is 0 Å². The molecule has 0 amide bonds. The van der Waals surface area contributed by atoms with E-state index in [1.54, 1.807) is 25.1 Å². The van der Waals surface area contributed by atoms with E-state index in [1.807, 2.05) is 45.0 Å². The van der Waals surface area contributed by atoms with Gasteiger partial charge >= 0.3 is 5.97 Å². The zero-order chi connectivity index (χ0) is 18.4. The minimum absolute atomic E-state index is 0.182. The smallest absolute Gasteiger partial charge is 0.310 e. The predicted octanol–water partition coefficient (Wildman–Crippen LogP) is 3.96. The normalized spacial score (nSPS) is 10.9. The van der Waals surface area contributed by atoms with Gasteiger partial charge in [0.2, 0.25) is 0 Å². The van der Waals surface area contributed by atoms with E-state index in [0.29, 0.717) is 12.2 Å². The number of nitrogens with one attached hydrogen (secondary N) is 1. The van der Waals surface area contributed by atoms with E-state index in [1.165, 1.54) is 0 Å². The fourth-order valence-corrected chi connectivity index (χ4v) is 2.17. The second-order valence-corrected chi connectivity index (χ2v) is 6.57. The van der Waals surface area contributed by atoms with Gasteiger partial charge in [-0.25, -0.2) is 0 Å². The van der Waals surface area contributed by atoms with Crippen molar-refractivity contribution >= 4 is 17.0 Å². The van der Waals surface area contributed by atoms with Crippen molar-refractivity contribution in [3.8, 4) is 11.5 Å². The molecule has 1 aromatic heterocycles. The molecule has 0 aliphatic heterocycles. The maximum absolute atomic E-state index is 11.1. The van der Waals surface area contributed by atoms with Crippen molar-refractivity contribution < 1.29 is 14.6 Å². The highest BCUT2D eigenvalue weighted by Gasteiger charge is 2.19. The van der Waals surface area contributed by atoms with Gasteiger partial charge in [-0.3, -0.25) is 4.79 Å². The molecule has 0 aliphatic carbocycles. The SMILES string of the molecule is CCC(=O)Oc1ccc(O)c(C(C)(C)C)c1.c1ccc2n[nH]nc2c1. The summed E-state index contributed by atoms with van der Waals surface area (Å²) in [7, 11) is 0. The molecular formula is C19H23N3O3. The molecule has 3 rings (SSSR count). The largest absolute Gasteiger partial charge is 0.508 e. The number of hydrogen-bond acceptors (Lipinski definition) is 5. The molecule has 6 heteroatoms. The number of carbonyl (C=O) groups excluding carboxylic acids is 1. The lowest BCUT2D eigenvalue weighted by Gasteiger charge is -2.20. The van der Waals surface area contributed by atoms with Crippen molar-refractivity contribution in [3.05, 3.63) is 48.0 Å². The maximum Gasteiger partial charge on any atom is 0.310 e. The Hall–Kier alpha value is -2.89. The van der Waals surface area contributed by atoms with E-state index in [9.17, 15) is 9.90 Å². The summed E-state index contributed by atoms with van der Waals surface area (Å²) >= 11 is 0. The lowest BCUT2D eigenvalue weighted by atomic mass is 9.86. The van der Waals surface area contributed by atoms with Crippen molar-refractivity contribution in [2.75, 3.05) is 0 Å². The number of fused-ring (bicyclic) bond motifs is 1. The Kier molecular flexibility index (Phi) is 5.75. The van der Waals surface area contributed by atoms with Crippen molar-refractivity contribution in [2.24, 2.45) is 0 Å². The number of para-hydroxylation sites is 2. The van der Waals surface area contributed by atoms with E-state index in [0.717, 1.165) is 16.6 Å². The quantitative estimate of drug-likeness (QED) is 0.544. The van der Waals surface area contributed by atoms with Crippen LogP contribution >= 0.6 is 0 Å². The van der Waals surface area contributed by atoms with E-state index >= 15 is 0 Å². The molecule has 0 fully saturated rings. The number of ether oxygens (including phenoxy) is 1. The number of phenolic OH excluding ortho intramolecular Hbond substituents is 1. The Balaban J connectivity index is 0.000000208. The number of esters is 1. The summed E-state index contributed by atoms with van der Waals surface area (Å²) in [6, 6.07) is 12.6. The van der Waals surface area contributed by atoms with Crippen LogP contribution in [-0.4, -0.2) is 26.5 Å². The van der Waals surface area contributed by atoms with Gasteiger partial charge in [0.15, 0.2) is 0 Å². The zero-order valence-corrected chi connectivity index (χ0v) is 14.9. The van der Waals surface area contributed by atoms with Gasteiger partial charge in [0.1, 0.15) is 22.5 Å². The number of aromatic amines is 1. The van der Waals surface area contributed by atoms with Gasteiger partial charge in [0, 0.05) is 12.0 Å². The summed E-state index contributed by atoms with van der Waals surface area (Å²) < 4.78 is 5.10. The molecule has 2 aromatic carbocycles. The molecule has 0 saturated carbocycles. The maximum atomic E-state index is 11.1. The molecule has 0 unspecified atom stereocenters. The molecule has 0 aliphatic rings. The zero-order valence-electron chi connectivity index (χ0n) is 14.9. The van der Waals surface area contributed by atoms with Crippen LogP contribution in [0.5, 0.6) is 11.5 Å². The van der Waals surface area contributed by atoms with Gasteiger partial charge in [-0.1, -0.05) is 39.8 Å². The fourth-order valence-electron chi connectivity index (χ4n) is 2.17. The molecule has 2 N–H and O–H groups in total. The average molecular weight is 341 g/mol. The first-order chi connectivity index (χ1) is 11.8. The molecule has 6 nitrogen and oxygen atoms in total. The van der Waals surface area contributed by atoms with Crippen molar-refractivity contribution in [3.63, 3.8) is 0 Å². The van der Waals surface area contributed by atoms with Crippen LogP contribution in [0.2, 0.25) is 0 Å². The molecule has 0 radical (unpaired) electrons. The molecule has 0 spiro atoms. The van der Waals surface area contributed by atoms with Crippen molar-refractivity contribution in [1.82, 2.24) is 15.4 Å². The number of rotatable bonds is 2. The third-order valence-electron chi connectivity index (χ3n) is 3.52. The molecule has 132 valence electrons. The number of aromatic nitrogens is 3. The number of aromatic hydroxyl groups is 1. The number of benzene rings is 2. The summed E-state index contributed by atoms with van der Waals surface area (Å²) in [6.45, 7) is 7.72. The highest BCUT2D eigenvalue weighted by molar-refractivity contribution is 5.73. The number of hydrogen-bond donors (Lipinski definition) is 2. The van der Waals surface area contributed by atoms with Crippen molar-refractivity contribution in [1.29, 1.82) is 0 Å². The molecular weight excluding hydrogens is 318 g/mol. The molecule has 1 heterocycles. The Morgan fingerprint density at radius 2 is 1.72 bits per heavy atom. The Bertz CT molecular complexity index is 820. The second kappa shape index (κ2) is 7.79. The summed E-state index contributed by atoms with van der Waals surface area (Å²) in [6.07, 6.45) is 0.339. The van der Waals surface area contributed by atoms with Gasteiger partial charge < -0.3 is 9.84 Å². The first-order valence-electron chi connectivity index (χ1n) is 8.11. The number of phenols is 1. The summed E-state index contributed by atoms with van der Waals surface area (Å²) in [5, 5.41) is 20.0. The highest BCUT2D eigenvalue weighted by Crippen LogP contribution is 2.33. The number of H-pyrrole nitrogens is 1. The minimum Gasteiger partial charge on any atom is -0.508 e. The monoisotopic (exact) mass is 341 g/mol. The molecule has 0 bridgehead atoms. The fraction of sp³-hybridized carbons (Fsp3) is 0.316. The summed E-state index contributed by atoms with van der Waals surface area (Å²) in [4.78, 5) is 11.1. The van der Waals surface area contributed by atoms with E-state index in [-0.39, 0.29) is 17.1 Å². The lowest BCUT2D eigenvalue weighted by molar-refractivity contribution is -0.134. The third kappa shape index (κ3) is 5.04. The number of nitrogens with zero attached hydrogens (tertiary/aromatic N) is 2. The van der Waals surface area contributed by atoms with Crippen LogP contribution in [0.4, 0.5) is 0 Å². The van der Waals surface area contributed by atoms with Gasteiger partial charge in [-0.05, 0) is 35.7 Å². The molecule has 3 aromatic rings. The third-order valence-corrected chi connectivity index (χ3v) is 3.52. The average Bonchev–Trinajstić information content (AvgIpc) is 3.04. The molecule has 0 atom stereocenters. The van der Waals surface area contributed by atoms with E-state index < -0.39 is 0 Å². The molecule has 25 heavy (non-hydrogen) atoms. The van der Waals surface area contributed by atoms with Gasteiger partial charge in [0.25, 0.3) is 0 Å². The van der Waals surface area contributed by atoms with E-state index in [4.69, 9.17) is 4.74 Å². The van der Waals surface area contributed by atoms with Crippen LogP contribution < -0.4 is 4.74 Å². The van der Waals surface area contributed by atoms with Crippen LogP contribution in [-0.2, 0) is 10.2 Å². The number of carbonyl (C=O) groups is 1. The predicted molar refractivity (Wildman–Crippen MR) is 96.6 cm³/mol. The highest BCUT2D eigenvalue weighted by atomic mass is 16.5. The van der Waals surface area contributed by atoms with Crippen LogP contribution in [0.1, 0.15) is 39.7 Å². The summed E-state index contributed by atoms with van der Waals surface area (Å²) in [5.74, 6) is 0.434.